The molecule has 1 aliphatic rings. The van der Waals surface area contributed by atoms with E-state index in [1.165, 1.54) is 18.6 Å². The Morgan fingerprint density at radius 1 is 1.14 bits per heavy atom. The van der Waals surface area contributed by atoms with E-state index in [0.29, 0.717) is 11.5 Å². The number of sulfonamides is 1. The number of anilines is 2. The van der Waals surface area contributed by atoms with Crippen molar-refractivity contribution in [2.45, 2.75) is 23.8 Å². The number of nitrogens with zero attached hydrogens (tertiary/aromatic N) is 3. The SMILES string of the molecule is CN(c1ncnc2[nH]cc(C(=O)c3c(F)ccc(NS(=O)(=O)c4cccc(Cl)c4F)c3F)c12)C1CC1. The highest BCUT2D eigenvalue weighted by Crippen LogP contribution is 2.35. The fourth-order valence-corrected chi connectivity index (χ4v) is 5.28. The average Bonchev–Trinajstić information content (AvgIpc) is 3.60. The number of ketones is 1. The minimum absolute atomic E-state index is 0.0909. The molecule has 0 bridgehead atoms. The maximum absolute atomic E-state index is 15.4. The largest absolute Gasteiger partial charge is 0.356 e. The van der Waals surface area contributed by atoms with E-state index in [-0.39, 0.29) is 17.0 Å². The summed E-state index contributed by atoms with van der Waals surface area (Å²) in [6, 6.07) is 5.04. The summed E-state index contributed by atoms with van der Waals surface area (Å²) in [5.74, 6) is -4.55. The van der Waals surface area contributed by atoms with Crippen LogP contribution in [0.1, 0.15) is 28.8 Å². The van der Waals surface area contributed by atoms with Crippen molar-refractivity contribution >= 4 is 49.9 Å². The van der Waals surface area contributed by atoms with Crippen LogP contribution in [0.4, 0.5) is 24.7 Å². The quantitative estimate of drug-likeness (QED) is 0.333. The molecule has 2 aromatic heterocycles. The Balaban J connectivity index is 1.58. The molecule has 0 radical (unpaired) electrons. The Kier molecular flexibility index (Phi) is 5.87. The number of halogens is 4. The van der Waals surface area contributed by atoms with Crippen LogP contribution in [-0.4, -0.2) is 42.2 Å². The van der Waals surface area contributed by atoms with Gasteiger partial charge in [0.1, 0.15) is 28.5 Å². The second kappa shape index (κ2) is 8.79. The van der Waals surface area contributed by atoms with Gasteiger partial charge in [-0.15, -0.1) is 0 Å². The lowest BCUT2D eigenvalue weighted by Gasteiger charge is -2.18. The summed E-state index contributed by atoms with van der Waals surface area (Å²) in [7, 11) is -2.87. The second-order valence-electron chi connectivity index (χ2n) is 8.24. The Morgan fingerprint density at radius 3 is 2.61 bits per heavy atom. The number of hydrogen-bond donors (Lipinski definition) is 2. The summed E-state index contributed by atoms with van der Waals surface area (Å²) >= 11 is 5.65. The number of rotatable bonds is 7. The standard InChI is InChI=1S/C23H17ClF3N5O3S/c1-32(11-5-6-11)23-17-12(9-28-22(17)29-10-30-23)21(33)18-14(25)7-8-15(20(18)27)31-36(34,35)16-4-2-3-13(24)19(16)26/h2-4,7-11,31H,5-6H2,1H3,(H,28,29,30). The topological polar surface area (TPSA) is 108 Å². The summed E-state index contributed by atoms with van der Waals surface area (Å²) in [4.78, 5) is 25.6. The number of fused-ring (bicyclic) bond motifs is 1. The van der Waals surface area contributed by atoms with E-state index in [9.17, 15) is 22.0 Å². The summed E-state index contributed by atoms with van der Waals surface area (Å²) in [6.07, 6.45) is 4.46. The molecule has 1 aliphatic carbocycles. The second-order valence-corrected chi connectivity index (χ2v) is 10.3. The molecule has 0 atom stereocenters. The third kappa shape index (κ3) is 4.05. The molecule has 2 N–H and O–H groups in total. The fraction of sp³-hybridized carbons (Fsp3) is 0.174. The van der Waals surface area contributed by atoms with Gasteiger partial charge in [0, 0.05) is 19.3 Å². The number of carbonyl (C=O) groups excluding carboxylic acids is 1. The van der Waals surface area contributed by atoms with Crippen molar-refractivity contribution in [3.8, 4) is 0 Å². The summed E-state index contributed by atoms with van der Waals surface area (Å²) in [6.45, 7) is 0. The van der Waals surface area contributed by atoms with Gasteiger partial charge in [0.15, 0.2) is 11.6 Å². The fourth-order valence-electron chi connectivity index (χ4n) is 3.89. The highest BCUT2D eigenvalue weighted by atomic mass is 35.5. The summed E-state index contributed by atoms with van der Waals surface area (Å²) in [5, 5.41) is -0.176. The van der Waals surface area contributed by atoms with Gasteiger partial charge in [0.05, 0.1) is 27.2 Å². The van der Waals surface area contributed by atoms with Crippen LogP contribution in [0.15, 0.2) is 47.8 Å². The third-order valence-corrected chi connectivity index (χ3v) is 7.57. The molecule has 4 aromatic rings. The Morgan fingerprint density at radius 2 is 1.89 bits per heavy atom. The van der Waals surface area contributed by atoms with E-state index in [0.717, 1.165) is 37.1 Å². The van der Waals surface area contributed by atoms with Crippen molar-refractivity contribution in [2.75, 3.05) is 16.7 Å². The van der Waals surface area contributed by atoms with E-state index in [1.807, 2.05) is 9.62 Å². The maximum atomic E-state index is 15.4. The highest BCUT2D eigenvalue weighted by Gasteiger charge is 2.32. The number of aromatic nitrogens is 3. The van der Waals surface area contributed by atoms with Crippen molar-refractivity contribution in [3.05, 3.63) is 76.5 Å². The van der Waals surface area contributed by atoms with Crippen LogP contribution in [0.3, 0.4) is 0 Å². The molecule has 2 heterocycles. The number of carbonyl (C=O) groups is 1. The zero-order valence-corrected chi connectivity index (χ0v) is 20.1. The van der Waals surface area contributed by atoms with Gasteiger partial charge in [-0.2, -0.15) is 0 Å². The smallest absolute Gasteiger partial charge is 0.264 e. The van der Waals surface area contributed by atoms with Gasteiger partial charge in [-0.3, -0.25) is 9.52 Å². The molecule has 0 amide bonds. The molecule has 0 unspecified atom stereocenters. The molecule has 1 fully saturated rings. The molecule has 5 rings (SSSR count). The lowest BCUT2D eigenvalue weighted by atomic mass is 10.0. The number of benzene rings is 2. The predicted molar refractivity (Wildman–Crippen MR) is 127 cm³/mol. The van der Waals surface area contributed by atoms with Crippen molar-refractivity contribution in [2.24, 2.45) is 0 Å². The van der Waals surface area contributed by atoms with E-state index in [2.05, 4.69) is 15.0 Å². The Labute approximate surface area is 208 Å². The molecular weight excluding hydrogens is 519 g/mol. The molecule has 0 spiro atoms. The van der Waals surface area contributed by atoms with E-state index >= 15 is 4.39 Å². The lowest BCUT2D eigenvalue weighted by molar-refractivity contribution is 0.103. The minimum Gasteiger partial charge on any atom is -0.356 e. The van der Waals surface area contributed by atoms with Gasteiger partial charge in [0.2, 0.25) is 5.78 Å². The molecule has 186 valence electrons. The third-order valence-electron chi connectivity index (χ3n) is 5.89. The number of H-pyrrole nitrogens is 1. The van der Waals surface area contributed by atoms with E-state index in [4.69, 9.17) is 11.6 Å². The van der Waals surface area contributed by atoms with Crippen LogP contribution in [0.5, 0.6) is 0 Å². The first-order valence-electron chi connectivity index (χ1n) is 10.6. The van der Waals surface area contributed by atoms with Gasteiger partial charge in [0.25, 0.3) is 10.0 Å². The molecule has 8 nitrogen and oxygen atoms in total. The van der Waals surface area contributed by atoms with E-state index in [1.54, 1.807) is 7.05 Å². The number of nitrogens with one attached hydrogen (secondary N) is 2. The predicted octanol–water partition coefficient (Wildman–Crippen LogP) is 4.66. The van der Waals surface area contributed by atoms with Gasteiger partial charge < -0.3 is 9.88 Å². The monoisotopic (exact) mass is 535 g/mol. The summed E-state index contributed by atoms with van der Waals surface area (Å²) < 4.78 is 71.8. The van der Waals surface area contributed by atoms with Crippen LogP contribution >= 0.6 is 11.6 Å². The van der Waals surface area contributed by atoms with Crippen molar-refractivity contribution in [1.29, 1.82) is 0 Å². The summed E-state index contributed by atoms with van der Waals surface area (Å²) in [5.41, 5.74) is -1.53. The van der Waals surface area contributed by atoms with Crippen molar-refractivity contribution in [1.82, 2.24) is 15.0 Å². The molecular formula is C23H17ClF3N5O3S. The maximum Gasteiger partial charge on any atom is 0.264 e. The van der Waals surface area contributed by atoms with Crippen LogP contribution in [0.2, 0.25) is 5.02 Å². The van der Waals surface area contributed by atoms with Gasteiger partial charge in [-0.1, -0.05) is 17.7 Å². The normalized spacial score (nSPS) is 13.7. The zero-order valence-electron chi connectivity index (χ0n) is 18.5. The first-order valence-corrected chi connectivity index (χ1v) is 12.5. The first kappa shape index (κ1) is 24.1. The van der Waals surface area contributed by atoms with Crippen molar-refractivity contribution < 1.29 is 26.4 Å². The first-order chi connectivity index (χ1) is 17.1. The van der Waals surface area contributed by atoms with Crippen molar-refractivity contribution in [3.63, 3.8) is 0 Å². The Hall–Kier alpha value is -3.64. The molecule has 0 saturated heterocycles. The van der Waals surface area contributed by atoms with Crippen LogP contribution in [-0.2, 0) is 10.0 Å². The highest BCUT2D eigenvalue weighted by molar-refractivity contribution is 7.92. The molecule has 1 saturated carbocycles. The van der Waals surface area contributed by atoms with Gasteiger partial charge in [-0.05, 0) is 37.1 Å². The van der Waals surface area contributed by atoms with Crippen LogP contribution in [0, 0.1) is 17.5 Å². The average molecular weight is 536 g/mol. The van der Waals surface area contributed by atoms with Gasteiger partial charge >= 0.3 is 0 Å². The minimum atomic E-state index is -4.67. The number of aromatic amines is 1. The Bertz CT molecular complexity index is 1640. The molecule has 13 heteroatoms. The van der Waals surface area contributed by atoms with Gasteiger partial charge in [-0.25, -0.2) is 31.6 Å². The molecule has 2 aromatic carbocycles. The van der Waals surface area contributed by atoms with E-state index < -0.39 is 54.4 Å². The zero-order chi connectivity index (χ0) is 25.8. The number of hydrogen-bond acceptors (Lipinski definition) is 6. The molecule has 0 aliphatic heterocycles. The van der Waals surface area contributed by atoms with Crippen LogP contribution in [0.25, 0.3) is 11.0 Å². The van der Waals surface area contributed by atoms with Crippen LogP contribution < -0.4 is 9.62 Å². The molecule has 36 heavy (non-hydrogen) atoms. The lowest BCUT2D eigenvalue weighted by Crippen LogP contribution is -2.21.